The maximum absolute atomic E-state index is 14.4. The van der Waals surface area contributed by atoms with Gasteiger partial charge in [-0.15, -0.1) is 0 Å². The van der Waals surface area contributed by atoms with Crippen LogP contribution in [0.5, 0.6) is 0 Å². The second-order valence-corrected chi connectivity index (χ2v) is 19.8. The molecular weight excluding hydrogens is 835 g/mol. The third kappa shape index (κ3) is 14.5. The molecule has 0 aromatic carbocycles. The lowest BCUT2D eigenvalue weighted by Gasteiger charge is -2.46. The smallest absolute Gasteiger partial charge is 0.329 e. The number of ether oxygens (including phenoxy) is 5. The highest BCUT2D eigenvalue weighted by atomic mass is 16.6. The normalized spacial score (nSPS) is 39.0. The summed E-state index contributed by atoms with van der Waals surface area (Å²) in [6.07, 6.45) is 9.77. The third-order valence-electron chi connectivity index (χ3n) is 14.7. The van der Waals surface area contributed by atoms with Gasteiger partial charge in [-0.25, -0.2) is 4.79 Å². The van der Waals surface area contributed by atoms with Crippen LogP contribution in [0.15, 0.2) is 47.6 Å². The Hall–Kier alpha value is -3.08. The topological polar surface area (TPSA) is 199 Å². The molecule has 0 spiro atoms. The van der Waals surface area contributed by atoms with E-state index < -0.39 is 78.1 Å². The van der Waals surface area contributed by atoms with Crippen LogP contribution in [0.3, 0.4) is 0 Å². The van der Waals surface area contributed by atoms with Gasteiger partial charge in [0.25, 0.3) is 5.91 Å². The minimum absolute atomic E-state index is 0.0291. The minimum atomic E-state index is -2.23. The highest BCUT2D eigenvalue weighted by Crippen LogP contribution is 2.39. The van der Waals surface area contributed by atoms with E-state index in [-0.39, 0.29) is 60.9 Å². The first kappa shape index (κ1) is 54.5. The fourth-order valence-electron chi connectivity index (χ4n) is 10.3. The van der Waals surface area contributed by atoms with Gasteiger partial charge in [0, 0.05) is 58.5 Å². The predicted molar refractivity (Wildman–Crippen MR) is 246 cm³/mol. The number of carbonyl (C=O) groups is 4. The maximum Gasteiger partial charge on any atom is 0.329 e. The molecule has 4 N–H and O–H groups in total. The summed E-state index contributed by atoms with van der Waals surface area (Å²) in [5, 5.41) is 45.7. The van der Waals surface area contributed by atoms with Gasteiger partial charge in [-0.1, -0.05) is 71.1 Å². The monoisotopic (exact) mass is 916 g/mol. The molecule has 3 aliphatic heterocycles. The van der Waals surface area contributed by atoms with E-state index in [2.05, 4.69) is 0 Å². The molecule has 0 aromatic rings. The van der Waals surface area contributed by atoms with Crippen LogP contribution in [0.2, 0.25) is 0 Å². The molecular formula is C51H81NO13. The number of ketones is 2. The van der Waals surface area contributed by atoms with Crippen molar-refractivity contribution < 1.29 is 63.3 Å². The number of hydrogen-bond donors (Lipinski definition) is 4. The second-order valence-electron chi connectivity index (χ2n) is 19.8. The van der Waals surface area contributed by atoms with E-state index in [1.54, 1.807) is 41.1 Å². The molecule has 2 bridgehead atoms. The van der Waals surface area contributed by atoms with E-state index in [4.69, 9.17) is 23.7 Å². The number of methoxy groups -OCH3 is 3. The number of amides is 1. The van der Waals surface area contributed by atoms with E-state index in [9.17, 15) is 39.6 Å². The molecule has 14 heteroatoms. The molecule has 1 saturated carbocycles. The van der Waals surface area contributed by atoms with Gasteiger partial charge in [0.15, 0.2) is 17.7 Å². The summed E-state index contributed by atoms with van der Waals surface area (Å²) in [6, 6.07) is -1.08. The zero-order valence-electron chi connectivity index (χ0n) is 40.7. The van der Waals surface area contributed by atoms with Gasteiger partial charge in [0.2, 0.25) is 5.79 Å². The number of cyclic esters (lactones) is 1. The van der Waals surface area contributed by atoms with Crippen molar-refractivity contribution in [1.29, 1.82) is 0 Å². The molecule has 368 valence electrons. The van der Waals surface area contributed by atoms with Crippen molar-refractivity contribution in [2.24, 2.45) is 35.5 Å². The first-order chi connectivity index (χ1) is 30.7. The van der Waals surface area contributed by atoms with Crippen molar-refractivity contribution in [3.8, 4) is 0 Å². The average molecular weight is 916 g/mol. The number of fused-ring (bicyclic) bond motifs is 3. The van der Waals surface area contributed by atoms with Crippen molar-refractivity contribution in [2.75, 3.05) is 27.9 Å². The molecule has 16 atom stereocenters. The standard InChI is InChI=1S/C51H81NO13/c1-30-16-12-11-13-17-31(2)42(61-8)28-38-21-19-36(7)51(60,65-38)48(57)49(58)52-23-15-14-18-39(52)50(59)64-43(33(4)26-37-20-22-40(53)44(27-37)62-9)29-41(54)32(3)25-35(6)46(56)47(63-10)45(55)34(5)24-30/h11-13,16-17,25,30,33-40,42-44,46-48,53,56-57,60H,14-15,18-24,26-29H2,1-10H3/t30-,33-,34?,35?,36?,37?,38+,39?,40-,42+,43?,44?,46?,47+,48-,51?/m1/s1. The van der Waals surface area contributed by atoms with Gasteiger partial charge in [-0.05, 0) is 107 Å². The summed E-state index contributed by atoms with van der Waals surface area (Å²) >= 11 is 0. The van der Waals surface area contributed by atoms with Crippen molar-refractivity contribution in [1.82, 2.24) is 4.90 Å². The lowest BCUT2D eigenvalue weighted by Crippen LogP contribution is -2.63. The number of hydrogen-bond acceptors (Lipinski definition) is 13. The van der Waals surface area contributed by atoms with Gasteiger partial charge in [0.1, 0.15) is 18.2 Å². The number of esters is 1. The number of nitrogens with zero attached hydrogens (tertiary/aromatic N) is 1. The Bertz CT molecular complexity index is 1710. The molecule has 14 nitrogen and oxygen atoms in total. The number of carbonyl (C=O) groups excluding carboxylic acids is 4. The van der Waals surface area contributed by atoms with Crippen LogP contribution in [-0.4, -0.2) is 137 Å². The Morgan fingerprint density at radius 1 is 0.862 bits per heavy atom. The van der Waals surface area contributed by atoms with Crippen LogP contribution >= 0.6 is 0 Å². The molecule has 65 heavy (non-hydrogen) atoms. The molecule has 3 heterocycles. The van der Waals surface area contributed by atoms with Crippen LogP contribution < -0.4 is 0 Å². The molecule has 4 aliphatic rings. The SMILES string of the molecule is COC1CC(C[C@@H](C)C2CC(=O)C(C)=CC(C)C(O)[C@@H](OC)C(=O)C(C)C[C@H](C)C=CC=CC=C(C)[C@@H](OC)C[C@@H]3CCC(C)C(O)(O3)[C@H](O)C(=O)N3CCCCC3C(=O)O2)CC[C@H]1O. The number of aliphatic hydroxyl groups excluding tert-OH is 3. The number of Topliss-reactive ketones (excluding diaryl/α,β-unsaturated/α-hetero) is 2. The minimum Gasteiger partial charge on any atom is -0.460 e. The van der Waals surface area contributed by atoms with Gasteiger partial charge >= 0.3 is 5.97 Å². The van der Waals surface area contributed by atoms with Gasteiger partial charge < -0.3 is 49.0 Å². The van der Waals surface area contributed by atoms with Gasteiger partial charge in [-0.3, -0.25) is 14.4 Å². The Labute approximate surface area is 387 Å². The summed E-state index contributed by atoms with van der Waals surface area (Å²) in [5.74, 6) is -6.20. The molecule has 2 saturated heterocycles. The van der Waals surface area contributed by atoms with Crippen LogP contribution in [0, 0.1) is 35.5 Å². The van der Waals surface area contributed by atoms with Crippen molar-refractivity contribution >= 4 is 23.4 Å². The molecule has 1 aliphatic carbocycles. The van der Waals surface area contributed by atoms with Crippen molar-refractivity contribution in [2.45, 2.75) is 186 Å². The van der Waals surface area contributed by atoms with E-state index in [0.717, 1.165) is 12.0 Å². The molecule has 0 aromatic heterocycles. The van der Waals surface area contributed by atoms with Crippen molar-refractivity contribution in [3.05, 3.63) is 47.6 Å². The van der Waals surface area contributed by atoms with E-state index >= 15 is 0 Å². The lowest BCUT2D eigenvalue weighted by atomic mass is 9.78. The highest BCUT2D eigenvalue weighted by Gasteiger charge is 2.53. The Morgan fingerprint density at radius 3 is 2.26 bits per heavy atom. The molecule has 9 unspecified atom stereocenters. The fourth-order valence-corrected chi connectivity index (χ4v) is 10.3. The van der Waals surface area contributed by atoms with Crippen molar-refractivity contribution in [3.63, 3.8) is 0 Å². The quantitative estimate of drug-likeness (QED) is 0.228. The zero-order valence-corrected chi connectivity index (χ0v) is 40.7. The van der Waals surface area contributed by atoms with Gasteiger partial charge in [-0.2, -0.15) is 0 Å². The Balaban J connectivity index is 1.70. The molecule has 3 fully saturated rings. The number of piperidine rings is 1. The van der Waals surface area contributed by atoms with Gasteiger partial charge in [0.05, 0.1) is 30.5 Å². The summed E-state index contributed by atoms with van der Waals surface area (Å²) in [7, 11) is 4.55. The number of allylic oxidation sites excluding steroid dienone is 6. The lowest BCUT2D eigenvalue weighted by molar-refractivity contribution is -0.317. The molecule has 1 amide bonds. The highest BCUT2D eigenvalue weighted by molar-refractivity contribution is 5.95. The van der Waals surface area contributed by atoms with E-state index in [0.29, 0.717) is 63.4 Å². The van der Waals surface area contributed by atoms with Crippen LogP contribution in [-0.2, 0) is 42.9 Å². The van der Waals surface area contributed by atoms with E-state index in [1.165, 1.54) is 12.0 Å². The summed E-state index contributed by atoms with van der Waals surface area (Å²) in [6.45, 7) is 12.9. The summed E-state index contributed by atoms with van der Waals surface area (Å²) < 4.78 is 29.5. The fraction of sp³-hybridized carbons (Fsp3) is 0.765. The average Bonchev–Trinajstić information content (AvgIpc) is 3.28. The summed E-state index contributed by atoms with van der Waals surface area (Å²) in [4.78, 5) is 57.8. The first-order valence-electron chi connectivity index (χ1n) is 24.1. The van der Waals surface area contributed by atoms with Crippen LogP contribution in [0.25, 0.3) is 0 Å². The third-order valence-corrected chi connectivity index (χ3v) is 14.7. The molecule has 0 radical (unpaired) electrons. The zero-order chi connectivity index (χ0) is 48.2. The number of rotatable bonds is 6. The summed E-state index contributed by atoms with van der Waals surface area (Å²) in [5.41, 5.74) is 1.23. The second kappa shape index (κ2) is 25.3. The Morgan fingerprint density at radius 2 is 1.58 bits per heavy atom. The maximum atomic E-state index is 14.4. The van der Waals surface area contributed by atoms with E-state index in [1.807, 2.05) is 58.1 Å². The molecule has 4 rings (SSSR count). The largest absolute Gasteiger partial charge is 0.460 e. The Kier molecular flexibility index (Phi) is 21.3. The first-order valence-corrected chi connectivity index (χ1v) is 24.1. The van der Waals surface area contributed by atoms with Crippen LogP contribution in [0.4, 0.5) is 0 Å². The van der Waals surface area contributed by atoms with Crippen LogP contribution in [0.1, 0.15) is 126 Å². The number of aliphatic hydroxyl groups is 4. The predicted octanol–water partition coefficient (Wildman–Crippen LogP) is 5.97.